The fraction of sp³-hybridized carbons (Fsp3) is 0.533. The summed E-state index contributed by atoms with van der Waals surface area (Å²) in [6, 6.07) is 5.47. The molecule has 2 N–H and O–H groups in total. The second-order valence-corrected chi connectivity index (χ2v) is 6.04. The molecule has 0 aliphatic carbocycles. The Hall–Kier alpha value is -0.770. The maximum atomic E-state index is 11.5. The molecule has 5 heteroatoms. The first-order valence-electron chi connectivity index (χ1n) is 6.90. The molecule has 0 unspecified atom stereocenters. The van der Waals surface area contributed by atoms with E-state index in [4.69, 9.17) is 23.2 Å². The molecule has 0 atom stereocenters. The SMILES string of the molecule is CC(C)CCNC(=O)CNCCc1ccc(Cl)cc1Cl. The second kappa shape index (κ2) is 9.22. The summed E-state index contributed by atoms with van der Waals surface area (Å²) in [5, 5.41) is 7.30. The first-order valence-corrected chi connectivity index (χ1v) is 7.66. The van der Waals surface area contributed by atoms with Crippen LogP contribution in [0, 0.1) is 5.92 Å². The summed E-state index contributed by atoms with van der Waals surface area (Å²) in [4.78, 5) is 11.5. The Bertz CT molecular complexity index is 436. The van der Waals surface area contributed by atoms with Crippen LogP contribution in [0.25, 0.3) is 0 Å². The van der Waals surface area contributed by atoms with Gasteiger partial charge in [0.05, 0.1) is 6.54 Å². The van der Waals surface area contributed by atoms with Crippen LogP contribution in [0.2, 0.25) is 10.0 Å². The molecule has 3 nitrogen and oxygen atoms in total. The van der Waals surface area contributed by atoms with Crippen molar-refractivity contribution in [3.63, 3.8) is 0 Å². The van der Waals surface area contributed by atoms with E-state index in [9.17, 15) is 4.79 Å². The largest absolute Gasteiger partial charge is 0.355 e. The zero-order chi connectivity index (χ0) is 15.0. The van der Waals surface area contributed by atoms with E-state index in [1.807, 2.05) is 12.1 Å². The molecular weight excluding hydrogens is 295 g/mol. The van der Waals surface area contributed by atoms with Gasteiger partial charge in [0.1, 0.15) is 0 Å². The summed E-state index contributed by atoms with van der Waals surface area (Å²) in [5.74, 6) is 0.642. The number of benzene rings is 1. The summed E-state index contributed by atoms with van der Waals surface area (Å²) in [6.45, 7) is 6.06. The minimum Gasteiger partial charge on any atom is -0.355 e. The van der Waals surface area contributed by atoms with E-state index < -0.39 is 0 Å². The maximum Gasteiger partial charge on any atom is 0.233 e. The number of rotatable bonds is 8. The Balaban J connectivity index is 2.16. The molecule has 0 radical (unpaired) electrons. The summed E-state index contributed by atoms with van der Waals surface area (Å²) >= 11 is 11.9. The van der Waals surface area contributed by atoms with Gasteiger partial charge in [0.15, 0.2) is 0 Å². The zero-order valence-electron chi connectivity index (χ0n) is 12.0. The van der Waals surface area contributed by atoms with Gasteiger partial charge in [-0.05, 0) is 43.0 Å². The molecule has 1 aromatic rings. The average molecular weight is 317 g/mol. The molecule has 0 aromatic heterocycles. The van der Waals surface area contributed by atoms with Gasteiger partial charge in [-0.2, -0.15) is 0 Å². The Kier molecular flexibility index (Phi) is 7.97. The lowest BCUT2D eigenvalue weighted by Gasteiger charge is -2.09. The molecule has 1 rings (SSSR count). The number of amides is 1. The van der Waals surface area contributed by atoms with Crippen LogP contribution in [0.1, 0.15) is 25.8 Å². The third kappa shape index (κ3) is 7.13. The van der Waals surface area contributed by atoms with Gasteiger partial charge in [0, 0.05) is 16.6 Å². The van der Waals surface area contributed by atoms with Crippen LogP contribution in [0.3, 0.4) is 0 Å². The Morgan fingerprint density at radius 3 is 2.65 bits per heavy atom. The predicted octanol–water partition coefficient (Wildman–Crippen LogP) is 3.29. The zero-order valence-corrected chi connectivity index (χ0v) is 13.5. The molecule has 0 saturated carbocycles. The third-order valence-electron chi connectivity index (χ3n) is 2.92. The van der Waals surface area contributed by atoms with E-state index in [2.05, 4.69) is 24.5 Å². The van der Waals surface area contributed by atoms with E-state index in [0.29, 0.717) is 29.1 Å². The number of hydrogen-bond donors (Lipinski definition) is 2. The minimum absolute atomic E-state index is 0.0350. The summed E-state index contributed by atoms with van der Waals surface area (Å²) in [5.41, 5.74) is 1.03. The number of nitrogens with one attached hydrogen (secondary N) is 2. The van der Waals surface area contributed by atoms with E-state index in [1.165, 1.54) is 0 Å². The normalized spacial score (nSPS) is 10.8. The number of halogens is 2. The molecule has 0 aliphatic heterocycles. The first-order chi connectivity index (χ1) is 9.49. The van der Waals surface area contributed by atoms with Crippen molar-refractivity contribution in [1.29, 1.82) is 0 Å². The van der Waals surface area contributed by atoms with E-state index >= 15 is 0 Å². The third-order valence-corrected chi connectivity index (χ3v) is 3.50. The monoisotopic (exact) mass is 316 g/mol. The van der Waals surface area contributed by atoms with E-state index in [-0.39, 0.29) is 5.91 Å². The van der Waals surface area contributed by atoms with Crippen molar-refractivity contribution in [2.24, 2.45) is 5.92 Å². The van der Waals surface area contributed by atoms with Crippen LogP contribution in [-0.4, -0.2) is 25.5 Å². The van der Waals surface area contributed by atoms with Gasteiger partial charge in [0.2, 0.25) is 5.91 Å². The van der Waals surface area contributed by atoms with Gasteiger partial charge in [-0.3, -0.25) is 4.79 Å². The van der Waals surface area contributed by atoms with Crippen molar-refractivity contribution >= 4 is 29.1 Å². The number of hydrogen-bond acceptors (Lipinski definition) is 2. The highest BCUT2D eigenvalue weighted by atomic mass is 35.5. The van der Waals surface area contributed by atoms with Crippen molar-refractivity contribution < 1.29 is 4.79 Å². The Morgan fingerprint density at radius 2 is 2.00 bits per heavy atom. The van der Waals surface area contributed by atoms with Crippen LogP contribution in [0.4, 0.5) is 0 Å². The van der Waals surface area contributed by atoms with Crippen molar-refractivity contribution in [3.8, 4) is 0 Å². The summed E-state index contributed by atoms with van der Waals surface area (Å²) < 4.78 is 0. The van der Waals surface area contributed by atoms with Gasteiger partial charge in [0.25, 0.3) is 0 Å². The molecule has 0 spiro atoms. The number of carbonyl (C=O) groups excluding carboxylic acids is 1. The molecule has 20 heavy (non-hydrogen) atoms. The highest BCUT2D eigenvalue weighted by Gasteiger charge is 2.03. The molecule has 1 aromatic carbocycles. The molecule has 0 fully saturated rings. The van der Waals surface area contributed by atoms with Crippen LogP contribution in [-0.2, 0) is 11.2 Å². The fourth-order valence-electron chi connectivity index (χ4n) is 1.71. The smallest absolute Gasteiger partial charge is 0.233 e. The van der Waals surface area contributed by atoms with Gasteiger partial charge < -0.3 is 10.6 Å². The van der Waals surface area contributed by atoms with Crippen LogP contribution in [0.5, 0.6) is 0 Å². The molecular formula is C15H22Cl2N2O. The maximum absolute atomic E-state index is 11.5. The fourth-order valence-corrected chi connectivity index (χ4v) is 2.22. The van der Waals surface area contributed by atoms with Crippen molar-refractivity contribution in [1.82, 2.24) is 10.6 Å². The predicted molar refractivity (Wildman–Crippen MR) is 85.5 cm³/mol. The Labute approximate surface area is 131 Å². The van der Waals surface area contributed by atoms with Crippen molar-refractivity contribution in [3.05, 3.63) is 33.8 Å². The van der Waals surface area contributed by atoms with Crippen LogP contribution in [0.15, 0.2) is 18.2 Å². The number of carbonyl (C=O) groups is 1. The lowest BCUT2D eigenvalue weighted by molar-refractivity contribution is -0.120. The minimum atomic E-state index is 0.0350. The van der Waals surface area contributed by atoms with Crippen LogP contribution >= 0.6 is 23.2 Å². The van der Waals surface area contributed by atoms with Crippen molar-refractivity contribution in [2.45, 2.75) is 26.7 Å². The molecule has 0 heterocycles. The molecule has 0 saturated heterocycles. The quantitative estimate of drug-likeness (QED) is 0.723. The van der Waals surface area contributed by atoms with Gasteiger partial charge in [-0.25, -0.2) is 0 Å². The van der Waals surface area contributed by atoms with E-state index in [0.717, 1.165) is 24.9 Å². The summed E-state index contributed by atoms with van der Waals surface area (Å²) in [6.07, 6.45) is 1.78. The highest BCUT2D eigenvalue weighted by Crippen LogP contribution is 2.20. The lowest BCUT2D eigenvalue weighted by Crippen LogP contribution is -2.35. The topological polar surface area (TPSA) is 41.1 Å². The first kappa shape index (κ1) is 17.3. The van der Waals surface area contributed by atoms with E-state index in [1.54, 1.807) is 6.07 Å². The Morgan fingerprint density at radius 1 is 1.25 bits per heavy atom. The lowest BCUT2D eigenvalue weighted by atomic mass is 10.1. The second-order valence-electron chi connectivity index (χ2n) is 5.19. The molecule has 1 amide bonds. The standard InChI is InChI=1S/C15H22Cl2N2O/c1-11(2)5-8-19-15(20)10-18-7-6-12-3-4-13(16)9-14(12)17/h3-4,9,11,18H,5-8,10H2,1-2H3,(H,19,20). The van der Waals surface area contributed by atoms with Crippen LogP contribution < -0.4 is 10.6 Å². The molecule has 112 valence electrons. The highest BCUT2D eigenvalue weighted by molar-refractivity contribution is 6.35. The van der Waals surface area contributed by atoms with Crippen molar-refractivity contribution in [2.75, 3.05) is 19.6 Å². The van der Waals surface area contributed by atoms with Gasteiger partial charge >= 0.3 is 0 Å². The molecule has 0 aliphatic rings. The van der Waals surface area contributed by atoms with Gasteiger partial charge in [-0.15, -0.1) is 0 Å². The summed E-state index contributed by atoms with van der Waals surface area (Å²) in [7, 11) is 0. The molecule has 0 bridgehead atoms. The average Bonchev–Trinajstić information content (AvgIpc) is 2.36. The van der Waals surface area contributed by atoms with Gasteiger partial charge in [-0.1, -0.05) is 43.1 Å².